The molecule has 0 spiro atoms. The van der Waals surface area contributed by atoms with Gasteiger partial charge in [0.15, 0.2) is 0 Å². The van der Waals surface area contributed by atoms with Gasteiger partial charge in [-0.2, -0.15) is 0 Å². The molecule has 0 aromatic carbocycles. The Hall–Kier alpha value is -0.840. The second-order valence-electron chi connectivity index (χ2n) is 3.50. The lowest BCUT2D eigenvalue weighted by molar-refractivity contribution is 0.122. The lowest BCUT2D eigenvalue weighted by Gasteiger charge is -2.19. The van der Waals surface area contributed by atoms with Gasteiger partial charge in [0.2, 0.25) is 0 Å². The van der Waals surface area contributed by atoms with Crippen molar-refractivity contribution in [3.8, 4) is 0 Å². The summed E-state index contributed by atoms with van der Waals surface area (Å²) in [7, 11) is 1.67. The van der Waals surface area contributed by atoms with E-state index in [0.29, 0.717) is 13.2 Å². The molecule has 0 radical (unpaired) electrons. The molecular formula is C11H19NO3. The smallest absolute Gasteiger partial charge is 0.118 e. The molecule has 4 heteroatoms. The fraction of sp³-hybridized carbons (Fsp3) is 0.636. The van der Waals surface area contributed by atoms with Crippen molar-refractivity contribution in [1.29, 1.82) is 0 Å². The molecule has 0 atom stereocenters. The van der Waals surface area contributed by atoms with Gasteiger partial charge in [-0.3, -0.25) is 4.90 Å². The first-order valence-electron chi connectivity index (χ1n) is 5.13. The number of hydrogen-bond acceptors (Lipinski definition) is 4. The third kappa shape index (κ3) is 4.46. The van der Waals surface area contributed by atoms with Gasteiger partial charge in [0.25, 0.3) is 0 Å². The van der Waals surface area contributed by atoms with Crippen molar-refractivity contribution >= 4 is 0 Å². The van der Waals surface area contributed by atoms with Crippen LogP contribution in [0.25, 0.3) is 0 Å². The quantitative estimate of drug-likeness (QED) is 0.734. The number of ether oxygens (including phenoxy) is 1. The lowest BCUT2D eigenvalue weighted by Crippen LogP contribution is -2.29. The van der Waals surface area contributed by atoms with Crippen molar-refractivity contribution in [2.45, 2.75) is 13.5 Å². The maximum Gasteiger partial charge on any atom is 0.118 e. The molecule has 15 heavy (non-hydrogen) atoms. The molecule has 0 saturated heterocycles. The molecule has 1 aromatic rings. The Morgan fingerprint density at radius 2 is 2.20 bits per heavy atom. The summed E-state index contributed by atoms with van der Waals surface area (Å²) in [4.78, 5) is 2.10. The maximum atomic E-state index is 8.91. The highest BCUT2D eigenvalue weighted by Crippen LogP contribution is 2.09. The van der Waals surface area contributed by atoms with Crippen LogP contribution >= 0.6 is 0 Å². The van der Waals surface area contributed by atoms with Crippen molar-refractivity contribution in [2.75, 3.05) is 33.4 Å². The Balaban J connectivity index is 2.42. The summed E-state index contributed by atoms with van der Waals surface area (Å²) < 4.78 is 10.5. The van der Waals surface area contributed by atoms with Gasteiger partial charge in [-0.15, -0.1) is 0 Å². The van der Waals surface area contributed by atoms with Gasteiger partial charge < -0.3 is 14.3 Å². The van der Waals surface area contributed by atoms with Gasteiger partial charge in [0.1, 0.15) is 11.5 Å². The van der Waals surface area contributed by atoms with Crippen LogP contribution in [0, 0.1) is 6.92 Å². The van der Waals surface area contributed by atoms with Crippen molar-refractivity contribution in [2.24, 2.45) is 0 Å². The number of hydrogen-bond donors (Lipinski definition) is 1. The third-order valence-corrected chi connectivity index (χ3v) is 2.20. The highest BCUT2D eigenvalue weighted by Gasteiger charge is 2.07. The minimum atomic E-state index is 0.156. The van der Waals surface area contributed by atoms with Gasteiger partial charge in [-0.05, 0) is 19.1 Å². The summed E-state index contributed by atoms with van der Waals surface area (Å²) in [5.41, 5.74) is 0. The minimum Gasteiger partial charge on any atom is -0.465 e. The summed E-state index contributed by atoms with van der Waals surface area (Å²) in [6.45, 7) is 4.91. The second-order valence-corrected chi connectivity index (χ2v) is 3.50. The molecule has 0 unspecified atom stereocenters. The van der Waals surface area contributed by atoms with Crippen LogP contribution in [0.5, 0.6) is 0 Å². The fourth-order valence-corrected chi connectivity index (χ4v) is 1.42. The molecule has 0 saturated carbocycles. The normalized spacial score (nSPS) is 11.2. The van der Waals surface area contributed by atoms with Gasteiger partial charge in [0.05, 0.1) is 19.8 Å². The fourth-order valence-electron chi connectivity index (χ4n) is 1.42. The van der Waals surface area contributed by atoms with E-state index in [4.69, 9.17) is 14.3 Å². The van der Waals surface area contributed by atoms with Crippen LogP contribution in [0.4, 0.5) is 0 Å². The number of methoxy groups -OCH3 is 1. The summed E-state index contributed by atoms with van der Waals surface area (Å²) >= 11 is 0. The minimum absolute atomic E-state index is 0.156. The first kappa shape index (κ1) is 12.2. The lowest BCUT2D eigenvalue weighted by atomic mass is 10.4. The molecule has 0 bridgehead atoms. The first-order valence-corrected chi connectivity index (χ1v) is 5.13. The summed E-state index contributed by atoms with van der Waals surface area (Å²) in [5.74, 6) is 1.85. The van der Waals surface area contributed by atoms with E-state index in [-0.39, 0.29) is 6.61 Å². The molecule has 0 aliphatic carbocycles. The number of aliphatic hydroxyl groups excluding tert-OH is 1. The van der Waals surface area contributed by atoms with Crippen LogP contribution in [0.2, 0.25) is 0 Å². The van der Waals surface area contributed by atoms with E-state index in [1.807, 2.05) is 19.1 Å². The zero-order valence-corrected chi connectivity index (χ0v) is 9.40. The predicted octanol–water partition coefficient (Wildman–Crippen LogP) is 1.03. The zero-order valence-electron chi connectivity index (χ0n) is 9.40. The van der Waals surface area contributed by atoms with Gasteiger partial charge in [-0.25, -0.2) is 0 Å². The van der Waals surface area contributed by atoms with Crippen LogP contribution in [0.1, 0.15) is 11.5 Å². The Bertz CT molecular complexity index is 273. The van der Waals surface area contributed by atoms with Gasteiger partial charge >= 0.3 is 0 Å². The molecule has 0 fully saturated rings. The van der Waals surface area contributed by atoms with E-state index in [9.17, 15) is 0 Å². The molecule has 1 rings (SSSR count). The van der Waals surface area contributed by atoms with Crippen molar-refractivity contribution in [3.63, 3.8) is 0 Å². The van der Waals surface area contributed by atoms with E-state index < -0.39 is 0 Å². The number of furan rings is 1. The topological polar surface area (TPSA) is 45.8 Å². The second kappa shape index (κ2) is 6.61. The third-order valence-electron chi connectivity index (χ3n) is 2.20. The molecular weight excluding hydrogens is 194 g/mol. The van der Waals surface area contributed by atoms with Crippen molar-refractivity contribution in [1.82, 2.24) is 4.90 Å². The monoisotopic (exact) mass is 213 g/mol. The van der Waals surface area contributed by atoms with E-state index >= 15 is 0 Å². The van der Waals surface area contributed by atoms with Crippen molar-refractivity contribution < 1.29 is 14.3 Å². The Morgan fingerprint density at radius 3 is 2.73 bits per heavy atom. The Morgan fingerprint density at radius 1 is 1.40 bits per heavy atom. The standard InChI is InChI=1S/C11H19NO3/c1-10-3-4-11(15-10)9-12(5-7-13)6-8-14-2/h3-4,13H,5-9H2,1-2H3. The predicted molar refractivity (Wildman–Crippen MR) is 57.7 cm³/mol. The van der Waals surface area contributed by atoms with Gasteiger partial charge in [-0.1, -0.05) is 0 Å². The number of rotatable bonds is 7. The van der Waals surface area contributed by atoms with E-state index in [1.165, 1.54) is 0 Å². The molecule has 4 nitrogen and oxygen atoms in total. The zero-order chi connectivity index (χ0) is 11.1. The number of nitrogens with zero attached hydrogens (tertiary/aromatic N) is 1. The van der Waals surface area contributed by atoms with Crippen LogP contribution in [0.3, 0.4) is 0 Å². The summed E-state index contributed by atoms with van der Waals surface area (Å²) in [6.07, 6.45) is 0. The average molecular weight is 213 g/mol. The van der Waals surface area contributed by atoms with Crippen LogP contribution in [-0.2, 0) is 11.3 Å². The number of aliphatic hydroxyl groups is 1. The molecule has 0 aliphatic rings. The molecule has 1 N–H and O–H groups in total. The molecule has 1 aromatic heterocycles. The molecule has 1 heterocycles. The summed E-state index contributed by atoms with van der Waals surface area (Å²) in [5, 5.41) is 8.91. The Kier molecular flexibility index (Phi) is 5.39. The van der Waals surface area contributed by atoms with E-state index in [2.05, 4.69) is 4.90 Å². The van der Waals surface area contributed by atoms with Gasteiger partial charge in [0, 0.05) is 20.2 Å². The highest BCUT2D eigenvalue weighted by atomic mass is 16.5. The first-order chi connectivity index (χ1) is 7.26. The van der Waals surface area contributed by atoms with Crippen LogP contribution < -0.4 is 0 Å². The highest BCUT2D eigenvalue weighted by molar-refractivity contribution is 5.05. The summed E-state index contributed by atoms with van der Waals surface area (Å²) in [6, 6.07) is 3.91. The molecule has 0 aliphatic heterocycles. The van der Waals surface area contributed by atoms with E-state index in [1.54, 1.807) is 7.11 Å². The van der Waals surface area contributed by atoms with E-state index in [0.717, 1.165) is 24.6 Å². The largest absolute Gasteiger partial charge is 0.465 e. The maximum absolute atomic E-state index is 8.91. The number of aryl methyl sites for hydroxylation is 1. The molecule has 0 amide bonds. The average Bonchev–Trinajstić information content (AvgIpc) is 2.61. The van der Waals surface area contributed by atoms with Crippen LogP contribution in [0.15, 0.2) is 16.5 Å². The Labute approximate surface area is 90.4 Å². The van der Waals surface area contributed by atoms with Crippen molar-refractivity contribution in [3.05, 3.63) is 23.7 Å². The SMILES string of the molecule is COCCN(CCO)Cc1ccc(C)o1. The molecule has 86 valence electrons. The van der Waals surface area contributed by atoms with Crippen LogP contribution in [-0.4, -0.2) is 43.4 Å².